The first kappa shape index (κ1) is 13.3. The molecule has 100 valence electrons. The molecule has 2 rings (SSSR count). The fraction of sp³-hybridized carbons (Fsp3) is 0.167. The second-order valence-electron chi connectivity index (χ2n) is 3.87. The van der Waals surface area contributed by atoms with E-state index < -0.39 is 23.4 Å². The molecule has 1 aromatic carbocycles. The summed E-state index contributed by atoms with van der Waals surface area (Å²) in [7, 11) is 1.30. The van der Waals surface area contributed by atoms with Gasteiger partial charge in [-0.2, -0.15) is 18.2 Å². The molecule has 19 heavy (non-hydrogen) atoms. The van der Waals surface area contributed by atoms with Gasteiger partial charge in [0.1, 0.15) is 5.82 Å². The summed E-state index contributed by atoms with van der Waals surface area (Å²) in [5, 5.41) is 0. The molecule has 0 unspecified atom stereocenters. The Hall–Kier alpha value is -2.18. The Morgan fingerprint density at radius 1 is 1.16 bits per heavy atom. The third kappa shape index (κ3) is 2.64. The van der Waals surface area contributed by atoms with Crippen LogP contribution in [0.15, 0.2) is 35.1 Å². The molecule has 0 saturated carbocycles. The quantitative estimate of drug-likeness (QED) is 0.748. The lowest BCUT2D eigenvalue weighted by molar-refractivity contribution is -0.141. The Kier molecular flexibility index (Phi) is 3.13. The van der Waals surface area contributed by atoms with Gasteiger partial charge < -0.3 is 0 Å². The summed E-state index contributed by atoms with van der Waals surface area (Å²) in [6.45, 7) is 0. The van der Waals surface area contributed by atoms with Crippen molar-refractivity contribution < 1.29 is 17.6 Å². The number of benzene rings is 1. The molecule has 1 aromatic heterocycles. The SMILES string of the molecule is Cn1c(-c2ccc(F)cc2)cc(C(F)(F)F)nc1=O. The molecule has 1 heterocycles. The van der Waals surface area contributed by atoms with E-state index in [4.69, 9.17) is 0 Å². The summed E-state index contributed by atoms with van der Waals surface area (Å²) < 4.78 is 51.5. The fourth-order valence-electron chi connectivity index (χ4n) is 1.58. The van der Waals surface area contributed by atoms with Crippen LogP contribution >= 0.6 is 0 Å². The summed E-state index contributed by atoms with van der Waals surface area (Å²) in [4.78, 5) is 14.4. The van der Waals surface area contributed by atoms with E-state index in [-0.39, 0.29) is 5.69 Å². The standard InChI is InChI=1S/C12H8F4N2O/c1-18-9(7-2-4-8(13)5-3-7)6-10(12(14,15)16)17-11(18)19/h2-6H,1H3. The van der Waals surface area contributed by atoms with Gasteiger partial charge in [0.2, 0.25) is 0 Å². The maximum Gasteiger partial charge on any atom is 0.433 e. The molecule has 0 aliphatic heterocycles. The Morgan fingerprint density at radius 2 is 1.74 bits per heavy atom. The average Bonchev–Trinajstić information content (AvgIpc) is 2.32. The highest BCUT2D eigenvalue weighted by molar-refractivity contribution is 5.59. The molecule has 2 aromatic rings. The van der Waals surface area contributed by atoms with Gasteiger partial charge in [-0.15, -0.1) is 0 Å². The summed E-state index contributed by atoms with van der Waals surface area (Å²) >= 11 is 0. The Balaban J connectivity index is 2.66. The zero-order valence-electron chi connectivity index (χ0n) is 9.70. The van der Waals surface area contributed by atoms with E-state index in [0.29, 0.717) is 5.56 Å². The summed E-state index contributed by atoms with van der Waals surface area (Å²) in [6, 6.07) is 5.56. The van der Waals surface area contributed by atoms with Gasteiger partial charge in [-0.05, 0) is 35.9 Å². The monoisotopic (exact) mass is 272 g/mol. The molecule has 0 aliphatic carbocycles. The van der Waals surface area contributed by atoms with Crippen LogP contribution in [-0.4, -0.2) is 9.55 Å². The van der Waals surface area contributed by atoms with E-state index in [1.807, 2.05) is 0 Å². The topological polar surface area (TPSA) is 34.9 Å². The van der Waals surface area contributed by atoms with Crippen molar-refractivity contribution in [2.45, 2.75) is 6.18 Å². The van der Waals surface area contributed by atoms with Crippen molar-refractivity contribution in [1.82, 2.24) is 9.55 Å². The lowest BCUT2D eigenvalue weighted by atomic mass is 10.1. The number of nitrogens with zero attached hydrogens (tertiary/aromatic N) is 2. The van der Waals surface area contributed by atoms with Crippen LogP contribution in [0.4, 0.5) is 17.6 Å². The minimum absolute atomic E-state index is 0.0207. The van der Waals surface area contributed by atoms with Crippen LogP contribution in [0.25, 0.3) is 11.3 Å². The van der Waals surface area contributed by atoms with E-state index >= 15 is 0 Å². The molecule has 0 saturated heterocycles. The van der Waals surface area contributed by atoms with Gasteiger partial charge in [0.05, 0.1) is 5.69 Å². The third-order valence-electron chi connectivity index (χ3n) is 2.57. The van der Waals surface area contributed by atoms with E-state index in [9.17, 15) is 22.4 Å². The third-order valence-corrected chi connectivity index (χ3v) is 2.57. The molecule has 0 N–H and O–H groups in total. The molecule has 0 amide bonds. The van der Waals surface area contributed by atoms with Crippen molar-refractivity contribution in [3.05, 3.63) is 52.3 Å². The van der Waals surface area contributed by atoms with Gasteiger partial charge in [0, 0.05) is 7.05 Å². The van der Waals surface area contributed by atoms with Gasteiger partial charge in [0.25, 0.3) is 0 Å². The molecule has 0 bridgehead atoms. The number of rotatable bonds is 1. The predicted molar refractivity (Wildman–Crippen MR) is 59.9 cm³/mol. The zero-order chi connectivity index (χ0) is 14.2. The van der Waals surface area contributed by atoms with E-state index in [2.05, 4.69) is 4.98 Å². The number of hydrogen-bond acceptors (Lipinski definition) is 2. The van der Waals surface area contributed by atoms with Gasteiger partial charge >= 0.3 is 11.9 Å². The number of halogens is 4. The van der Waals surface area contributed by atoms with Crippen LogP contribution in [0.1, 0.15) is 5.69 Å². The van der Waals surface area contributed by atoms with Crippen molar-refractivity contribution in [3.63, 3.8) is 0 Å². The van der Waals surface area contributed by atoms with E-state index in [1.165, 1.54) is 19.2 Å². The largest absolute Gasteiger partial charge is 0.433 e. The highest BCUT2D eigenvalue weighted by Gasteiger charge is 2.33. The molecule has 0 aliphatic rings. The van der Waals surface area contributed by atoms with Crippen LogP contribution < -0.4 is 5.69 Å². The molecule has 0 atom stereocenters. The average molecular weight is 272 g/mol. The number of alkyl halides is 3. The van der Waals surface area contributed by atoms with E-state index in [1.54, 1.807) is 0 Å². The second-order valence-corrected chi connectivity index (χ2v) is 3.87. The zero-order valence-corrected chi connectivity index (χ0v) is 9.70. The number of hydrogen-bond donors (Lipinski definition) is 0. The summed E-state index contributed by atoms with van der Waals surface area (Å²) in [6.07, 6.45) is -4.71. The van der Waals surface area contributed by atoms with Crippen LogP contribution in [0, 0.1) is 5.82 Å². The summed E-state index contributed by atoms with van der Waals surface area (Å²) in [5.74, 6) is -0.515. The van der Waals surface area contributed by atoms with Gasteiger partial charge in [-0.1, -0.05) is 0 Å². The highest BCUT2D eigenvalue weighted by Crippen LogP contribution is 2.29. The Morgan fingerprint density at radius 3 is 2.26 bits per heavy atom. The van der Waals surface area contributed by atoms with Gasteiger partial charge in [-0.3, -0.25) is 4.57 Å². The summed E-state index contributed by atoms with van der Waals surface area (Å²) in [5.41, 5.74) is -1.97. The van der Waals surface area contributed by atoms with Gasteiger partial charge in [-0.25, -0.2) is 9.18 Å². The smallest absolute Gasteiger partial charge is 0.295 e. The van der Waals surface area contributed by atoms with Crippen LogP contribution in [0.5, 0.6) is 0 Å². The highest BCUT2D eigenvalue weighted by atomic mass is 19.4. The maximum atomic E-state index is 12.8. The van der Waals surface area contributed by atoms with Crippen molar-refractivity contribution in [3.8, 4) is 11.3 Å². The van der Waals surface area contributed by atoms with E-state index in [0.717, 1.165) is 22.8 Å². The van der Waals surface area contributed by atoms with Crippen molar-refractivity contribution in [2.24, 2.45) is 7.05 Å². The normalized spacial score (nSPS) is 11.6. The first-order valence-electron chi connectivity index (χ1n) is 5.20. The van der Waals surface area contributed by atoms with Crippen molar-refractivity contribution in [2.75, 3.05) is 0 Å². The first-order valence-corrected chi connectivity index (χ1v) is 5.20. The Bertz CT molecular complexity index is 659. The van der Waals surface area contributed by atoms with Crippen LogP contribution in [0.3, 0.4) is 0 Å². The fourth-order valence-corrected chi connectivity index (χ4v) is 1.58. The molecule has 0 radical (unpaired) electrons. The minimum Gasteiger partial charge on any atom is -0.295 e. The minimum atomic E-state index is -4.71. The lowest BCUT2D eigenvalue weighted by Crippen LogP contribution is -2.26. The molecular weight excluding hydrogens is 264 g/mol. The van der Waals surface area contributed by atoms with Crippen LogP contribution in [-0.2, 0) is 13.2 Å². The van der Waals surface area contributed by atoms with Crippen LogP contribution in [0.2, 0.25) is 0 Å². The van der Waals surface area contributed by atoms with Gasteiger partial charge in [0.15, 0.2) is 5.69 Å². The number of aromatic nitrogens is 2. The second kappa shape index (κ2) is 4.49. The molecular formula is C12H8F4N2O. The van der Waals surface area contributed by atoms with Crippen molar-refractivity contribution >= 4 is 0 Å². The maximum absolute atomic E-state index is 12.8. The Labute approximate surface area is 105 Å². The van der Waals surface area contributed by atoms with Crippen molar-refractivity contribution in [1.29, 1.82) is 0 Å². The molecule has 0 fully saturated rings. The molecule has 0 spiro atoms. The first-order chi connectivity index (χ1) is 8.79. The predicted octanol–water partition coefficient (Wildman–Crippen LogP) is 2.61. The lowest BCUT2D eigenvalue weighted by Gasteiger charge is -2.11. The molecule has 7 heteroatoms. The molecule has 3 nitrogen and oxygen atoms in total.